The Hall–Kier alpha value is -2.16. The van der Waals surface area contributed by atoms with E-state index in [-0.39, 0.29) is 59.3 Å². The van der Waals surface area contributed by atoms with Crippen LogP contribution in [0, 0.1) is 34.5 Å². The number of nitrogens with one attached hydrogen (secondary N) is 3. The number of hydrogen-bond donors (Lipinski definition) is 4. The Kier molecular flexibility index (Phi) is 7.89. The second-order valence-electron chi connectivity index (χ2n) is 12.8. The number of likely N-dealkylation sites (tertiary alicyclic amines) is 1. The van der Waals surface area contributed by atoms with Crippen molar-refractivity contribution in [2.75, 3.05) is 19.7 Å². The summed E-state index contributed by atoms with van der Waals surface area (Å²) in [6.07, 6.45) is 1.37. The van der Waals surface area contributed by atoms with Gasteiger partial charge in [-0.3, -0.25) is 19.2 Å². The fourth-order valence-electron chi connectivity index (χ4n) is 5.90. The van der Waals surface area contributed by atoms with Crippen LogP contribution in [0.2, 0.25) is 0 Å². The Balaban J connectivity index is 1.77. The molecule has 4 N–H and O–H groups in total. The first-order chi connectivity index (χ1) is 16.2. The Morgan fingerprint density at radius 3 is 2.37 bits per heavy atom. The molecule has 3 fully saturated rings. The van der Waals surface area contributed by atoms with Gasteiger partial charge in [0.25, 0.3) is 0 Å². The van der Waals surface area contributed by atoms with Crippen molar-refractivity contribution < 1.29 is 24.3 Å². The summed E-state index contributed by atoms with van der Waals surface area (Å²) in [6, 6.07) is -1.97. The zero-order valence-electron chi connectivity index (χ0n) is 22.3. The molecule has 35 heavy (non-hydrogen) atoms. The molecule has 6 atom stereocenters. The fourth-order valence-corrected chi connectivity index (χ4v) is 5.90. The lowest BCUT2D eigenvalue weighted by Gasteiger charge is -2.38. The summed E-state index contributed by atoms with van der Waals surface area (Å²) in [7, 11) is 0. The molecular weight excluding hydrogens is 448 g/mol. The van der Waals surface area contributed by atoms with Gasteiger partial charge in [-0.25, -0.2) is 0 Å². The molecule has 198 valence electrons. The van der Waals surface area contributed by atoms with E-state index in [4.69, 9.17) is 0 Å². The number of rotatable bonds is 9. The Bertz CT molecular complexity index is 849. The standard InChI is InChI=1S/C26H44N4O5/c1-14(2)10-18(32)29-21(25(3,4)5)24(35)30-12-17-19(26(17,6)7)20(30)23(34)28-16(13-31)11-15-8-9-27-22(15)33/h14-17,19-21,31H,8-13H2,1-7H3,(H,27,33)(H,28,34)(H,29,32)/t15-,16-,17-,19-,20-,21+/m0/s1. The summed E-state index contributed by atoms with van der Waals surface area (Å²) in [5.41, 5.74) is -0.590. The van der Waals surface area contributed by atoms with Crippen molar-refractivity contribution in [3.05, 3.63) is 0 Å². The minimum absolute atomic E-state index is 0.0209. The van der Waals surface area contributed by atoms with Gasteiger partial charge in [0, 0.05) is 25.4 Å². The molecule has 0 spiro atoms. The van der Waals surface area contributed by atoms with Gasteiger partial charge < -0.3 is 26.0 Å². The van der Waals surface area contributed by atoms with Crippen LogP contribution in [0.5, 0.6) is 0 Å². The smallest absolute Gasteiger partial charge is 0.246 e. The number of hydrogen-bond acceptors (Lipinski definition) is 5. The lowest BCUT2D eigenvalue weighted by atomic mass is 9.85. The van der Waals surface area contributed by atoms with Gasteiger partial charge in [-0.2, -0.15) is 0 Å². The molecule has 4 amide bonds. The number of nitrogens with zero attached hydrogens (tertiary/aromatic N) is 1. The molecule has 2 aliphatic heterocycles. The minimum Gasteiger partial charge on any atom is -0.394 e. The summed E-state index contributed by atoms with van der Waals surface area (Å²) in [6.45, 7) is 14.7. The maximum Gasteiger partial charge on any atom is 0.246 e. The van der Waals surface area contributed by atoms with Gasteiger partial charge in [0.2, 0.25) is 23.6 Å². The fraction of sp³-hybridized carbons (Fsp3) is 0.846. The number of aliphatic hydroxyl groups is 1. The third-order valence-electron chi connectivity index (χ3n) is 8.07. The van der Waals surface area contributed by atoms with Gasteiger partial charge in [-0.15, -0.1) is 0 Å². The van der Waals surface area contributed by atoms with Crippen LogP contribution in [0.1, 0.15) is 67.7 Å². The van der Waals surface area contributed by atoms with Crippen LogP contribution < -0.4 is 16.0 Å². The zero-order valence-corrected chi connectivity index (χ0v) is 22.3. The molecule has 0 unspecified atom stereocenters. The number of piperidine rings is 1. The molecule has 0 aromatic heterocycles. The van der Waals surface area contributed by atoms with Crippen LogP contribution >= 0.6 is 0 Å². The average molecular weight is 493 g/mol. The molecule has 0 aromatic carbocycles. The van der Waals surface area contributed by atoms with Crippen LogP contribution in [0.3, 0.4) is 0 Å². The first kappa shape index (κ1) is 27.4. The monoisotopic (exact) mass is 492 g/mol. The van der Waals surface area contributed by atoms with Crippen molar-refractivity contribution in [1.82, 2.24) is 20.9 Å². The van der Waals surface area contributed by atoms with E-state index in [1.54, 1.807) is 4.90 Å². The molecule has 9 heteroatoms. The maximum absolute atomic E-state index is 13.8. The van der Waals surface area contributed by atoms with Crippen LogP contribution in [0.15, 0.2) is 0 Å². The van der Waals surface area contributed by atoms with E-state index >= 15 is 0 Å². The highest BCUT2D eigenvalue weighted by Gasteiger charge is 2.69. The molecule has 1 saturated carbocycles. The third-order valence-corrected chi connectivity index (χ3v) is 8.07. The summed E-state index contributed by atoms with van der Waals surface area (Å²) < 4.78 is 0. The van der Waals surface area contributed by atoms with E-state index in [1.165, 1.54) is 0 Å². The summed E-state index contributed by atoms with van der Waals surface area (Å²) in [4.78, 5) is 53.6. The summed E-state index contributed by atoms with van der Waals surface area (Å²) >= 11 is 0. The van der Waals surface area contributed by atoms with Crippen molar-refractivity contribution in [1.29, 1.82) is 0 Å². The lowest BCUT2D eigenvalue weighted by molar-refractivity contribution is -0.146. The Labute approximate surface area is 209 Å². The lowest BCUT2D eigenvalue weighted by Crippen LogP contribution is -2.60. The molecule has 1 aliphatic carbocycles. The second-order valence-corrected chi connectivity index (χ2v) is 12.8. The van der Waals surface area contributed by atoms with Crippen LogP contribution in [0.4, 0.5) is 0 Å². The number of carbonyl (C=O) groups is 4. The highest BCUT2D eigenvalue weighted by atomic mass is 16.3. The Morgan fingerprint density at radius 1 is 1.20 bits per heavy atom. The molecule has 0 bridgehead atoms. The first-order valence-electron chi connectivity index (χ1n) is 13.0. The van der Waals surface area contributed by atoms with Crippen LogP contribution in [-0.4, -0.2) is 71.5 Å². The maximum atomic E-state index is 13.8. The molecule has 0 radical (unpaired) electrons. The quantitative estimate of drug-likeness (QED) is 0.383. The zero-order chi connectivity index (χ0) is 26.3. The first-order valence-corrected chi connectivity index (χ1v) is 13.0. The van der Waals surface area contributed by atoms with E-state index in [9.17, 15) is 24.3 Å². The number of fused-ring (bicyclic) bond motifs is 1. The summed E-state index contributed by atoms with van der Waals surface area (Å²) in [5, 5.41) is 18.6. The van der Waals surface area contributed by atoms with Gasteiger partial charge >= 0.3 is 0 Å². The molecular formula is C26H44N4O5. The molecule has 9 nitrogen and oxygen atoms in total. The number of aliphatic hydroxyl groups excluding tert-OH is 1. The van der Waals surface area contributed by atoms with E-state index in [1.807, 2.05) is 34.6 Å². The van der Waals surface area contributed by atoms with Gasteiger partial charge in [0.1, 0.15) is 12.1 Å². The number of amides is 4. The third kappa shape index (κ3) is 5.81. The SMILES string of the molecule is CC(C)CC(=O)N[C@H](C(=O)N1C[C@H]2[C@@H]([C@H]1C(=O)N[C@H](CO)C[C@@H]1CCNC1=O)C2(C)C)C(C)(C)C. The van der Waals surface area contributed by atoms with Gasteiger partial charge in [-0.1, -0.05) is 48.5 Å². The van der Waals surface area contributed by atoms with Crippen molar-refractivity contribution in [3.63, 3.8) is 0 Å². The average Bonchev–Trinajstić information content (AvgIpc) is 3.09. The molecule has 2 saturated heterocycles. The highest BCUT2D eigenvalue weighted by molar-refractivity contribution is 5.94. The minimum atomic E-state index is -0.750. The highest BCUT2D eigenvalue weighted by Crippen LogP contribution is 2.65. The molecule has 3 aliphatic rings. The topological polar surface area (TPSA) is 128 Å². The predicted octanol–water partition coefficient (Wildman–Crippen LogP) is 1.05. The van der Waals surface area contributed by atoms with Gasteiger partial charge in [0.15, 0.2) is 0 Å². The van der Waals surface area contributed by atoms with Crippen molar-refractivity contribution in [3.8, 4) is 0 Å². The van der Waals surface area contributed by atoms with E-state index < -0.39 is 23.5 Å². The van der Waals surface area contributed by atoms with E-state index in [0.29, 0.717) is 32.4 Å². The van der Waals surface area contributed by atoms with Crippen LogP contribution in [-0.2, 0) is 19.2 Å². The van der Waals surface area contributed by atoms with Crippen LogP contribution in [0.25, 0.3) is 0 Å². The predicted molar refractivity (Wildman–Crippen MR) is 132 cm³/mol. The number of carbonyl (C=O) groups excluding carboxylic acids is 4. The largest absolute Gasteiger partial charge is 0.394 e. The normalized spacial score (nSPS) is 28.8. The molecule has 3 rings (SSSR count). The summed E-state index contributed by atoms with van der Waals surface area (Å²) in [5.74, 6) is -0.598. The molecule has 2 heterocycles. The van der Waals surface area contributed by atoms with Gasteiger partial charge in [-0.05, 0) is 41.4 Å². The molecule has 0 aromatic rings. The van der Waals surface area contributed by atoms with Crippen molar-refractivity contribution in [2.24, 2.45) is 34.5 Å². The van der Waals surface area contributed by atoms with E-state index in [0.717, 1.165) is 0 Å². The van der Waals surface area contributed by atoms with Crippen molar-refractivity contribution in [2.45, 2.75) is 85.9 Å². The second kappa shape index (κ2) is 10.1. The van der Waals surface area contributed by atoms with E-state index in [2.05, 4.69) is 29.8 Å². The van der Waals surface area contributed by atoms with Crippen molar-refractivity contribution >= 4 is 23.6 Å². The van der Waals surface area contributed by atoms with Gasteiger partial charge in [0.05, 0.1) is 12.6 Å². The Morgan fingerprint density at radius 2 is 1.86 bits per heavy atom.